The van der Waals surface area contributed by atoms with Crippen LogP contribution in [-0.2, 0) is 5.75 Å². The second kappa shape index (κ2) is 6.47. The fourth-order valence-corrected chi connectivity index (χ4v) is 4.93. The lowest BCUT2D eigenvalue weighted by Crippen LogP contribution is -2.14. The fraction of sp³-hybridized carbons (Fsp3) is 0.286. The first-order valence-electron chi connectivity index (χ1n) is 6.90. The Morgan fingerprint density at radius 2 is 2.05 bits per heavy atom. The van der Waals surface area contributed by atoms with Crippen LogP contribution in [0.25, 0.3) is 0 Å². The number of benzene rings is 1. The molecule has 4 rings (SSSR count). The first-order valence-corrected chi connectivity index (χ1v) is 9.86. The summed E-state index contributed by atoms with van der Waals surface area (Å²) in [6, 6.07) is 10.3. The zero-order valence-corrected chi connectivity index (χ0v) is 14.1. The molecule has 0 saturated heterocycles. The van der Waals surface area contributed by atoms with E-state index < -0.39 is 0 Å². The van der Waals surface area contributed by atoms with Gasteiger partial charge in [-0.1, -0.05) is 65.6 Å². The van der Waals surface area contributed by atoms with Gasteiger partial charge in [0.05, 0.1) is 18.0 Å². The van der Waals surface area contributed by atoms with E-state index in [1.807, 2.05) is 34.6 Å². The van der Waals surface area contributed by atoms with Crippen molar-refractivity contribution in [1.29, 1.82) is 0 Å². The lowest BCUT2D eigenvalue weighted by atomic mass is 10.1. The number of aromatic nitrogens is 3. The van der Waals surface area contributed by atoms with E-state index in [2.05, 4.69) is 27.3 Å². The van der Waals surface area contributed by atoms with E-state index in [1.165, 1.54) is 0 Å². The van der Waals surface area contributed by atoms with Gasteiger partial charge in [-0.3, -0.25) is 4.99 Å². The third-order valence-corrected chi connectivity index (χ3v) is 6.40. The van der Waals surface area contributed by atoms with Gasteiger partial charge in [-0.25, -0.2) is 0 Å². The molecular formula is C14H13N5S3. The molecule has 22 heavy (non-hydrogen) atoms. The van der Waals surface area contributed by atoms with Gasteiger partial charge in [-0.05, 0) is 5.56 Å². The van der Waals surface area contributed by atoms with Gasteiger partial charge in [-0.2, -0.15) is 9.78 Å². The summed E-state index contributed by atoms with van der Waals surface area (Å²) in [5, 5.41) is 14.1. The zero-order chi connectivity index (χ0) is 14.8. The summed E-state index contributed by atoms with van der Waals surface area (Å²) < 4.78 is 3.03. The molecule has 0 spiro atoms. The fourth-order valence-electron chi connectivity index (χ4n) is 2.16. The van der Waals surface area contributed by atoms with Crippen LogP contribution in [0.15, 0.2) is 45.6 Å². The average Bonchev–Trinajstić information content (AvgIpc) is 3.23. The van der Waals surface area contributed by atoms with E-state index in [1.54, 1.807) is 23.5 Å². The molecule has 0 aliphatic carbocycles. The molecule has 2 aliphatic rings. The molecule has 0 atom stereocenters. The Kier molecular flexibility index (Phi) is 4.22. The van der Waals surface area contributed by atoms with Gasteiger partial charge in [-0.15, -0.1) is 10.2 Å². The Labute approximate surface area is 141 Å². The molecule has 0 radical (unpaired) electrons. The third-order valence-electron chi connectivity index (χ3n) is 3.22. The molecule has 3 heterocycles. The van der Waals surface area contributed by atoms with Gasteiger partial charge >= 0.3 is 0 Å². The first-order chi connectivity index (χ1) is 10.9. The smallest absolute Gasteiger partial charge is 0.212 e. The maximum atomic E-state index is 4.75. The number of nitrogens with zero attached hydrogens (tertiary/aromatic N) is 5. The predicted octanol–water partition coefficient (Wildman–Crippen LogP) is 2.97. The summed E-state index contributed by atoms with van der Waals surface area (Å²) in [7, 11) is 0. The molecule has 5 nitrogen and oxygen atoms in total. The van der Waals surface area contributed by atoms with Crippen LogP contribution in [0, 0.1) is 0 Å². The van der Waals surface area contributed by atoms with Crippen LogP contribution >= 0.6 is 35.3 Å². The van der Waals surface area contributed by atoms with Crippen LogP contribution in [0.2, 0.25) is 0 Å². The molecule has 0 fully saturated rings. The Balaban J connectivity index is 1.58. The number of thioether (sulfide) groups is 3. The first kappa shape index (κ1) is 14.3. The van der Waals surface area contributed by atoms with E-state index in [4.69, 9.17) is 5.10 Å². The third kappa shape index (κ3) is 2.95. The Morgan fingerprint density at radius 1 is 1.14 bits per heavy atom. The lowest BCUT2D eigenvalue weighted by molar-refractivity contribution is 0.731. The van der Waals surface area contributed by atoms with Crippen LogP contribution in [-0.4, -0.2) is 43.0 Å². The monoisotopic (exact) mass is 347 g/mol. The van der Waals surface area contributed by atoms with Crippen molar-refractivity contribution in [2.24, 2.45) is 10.1 Å². The number of fused-ring (bicyclic) bond motifs is 1. The maximum Gasteiger partial charge on any atom is 0.212 e. The van der Waals surface area contributed by atoms with E-state index in [-0.39, 0.29) is 0 Å². The van der Waals surface area contributed by atoms with Crippen molar-refractivity contribution in [3.8, 4) is 0 Å². The highest BCUT2D eigenvalue weighted by molar-refractivity contribution is 8.38. The van der Waals surface area contributed by atoms with Crippen molar-refractivity contribution < 1.29 is 0 Å². The normalized spacial score (nSPS) is 17.1. The molecule has 0 bridgehead atoms. The molecule has 2 aromatic rings. The summed E-state index contributed by atoms with van der Waals surface area (Å²) in [5.74, 6) is 3.56. The summed E-state index contributed by atoms with van der Waals surface area (Å²) in [6.07, 6.45) is 0. The Bertz CT molecular complexity index is 738. The van der Waals surface area contributed by atoms with Gasteiger partial charge in [0.15, 0.2) is 5.82 Å². The number of hydrogen-bond acceptors (Lipinski definition) is 7. The number of aliphatic imine (C=N–C) groups is 1. The Hall–Kier alpha value is -1.25. The minimum absolute atomic E-state index is 0.755. The minimum Gasteiger partial charge on any atom is -0.271 e. The standard InChI is InChI=1S/C14H13N5S3/c1-2-4-10(5-3-1)11-8-21-13-17-16-12(19(13)18-11)9-22-14-15-6-7-20-14/h1-5H,6-9H2. The molecule has 2 aliphatic heterocycles. The molecule has 0 unspecified atom stereocenters. The van der Waals surface area contributed by atoms with Crippen LogP contribution in [0.1, 0.15) is 11.4 Å². The molecule has 0 saturated carbocycles. The van der Waals surface area contributed by atoms with Crippen molar-refractivity contribution in [2.75, 3.05) is 18.1 Å². The number of hydrogen-bond donors (Lipinski definition) is 0. The molecular weight excluding hydrogens is 334 g/mol. The predicted molar refractivity (Wildman–Crippen MR) is 95.2 cm³/mol. The van der Waals surface area contributed by atoms with Crippen molar-refractivity contribution in [3.63, 3.8) is 0 Å². The van der Waals surface area contributed by atoms with Crippen molar-refractivity contribution in [2.45, 2.75) is 10.9 Å². The van der Waals surface area contributed by atoms with E-state index in [0.717, 1.165) is 50.4 Å². The van der Waals surface area contributed by atoms with Crippen LogP contribution in [0.4, 0.5) is 0 Å². The Morgan fingerprint density at radius 3 is 2.86 bits per heavy atom. The summed E-state index contributed by atoms with van der Waals surface area (Å²) >= 11 is 5.22. The van der Waals surface area contributed by atoms with Gasteiger partial charge in [0.2, 0.25) is 5.16 Å². The topological polar surface area (TPSA) is 55.4 Å². The summed E-state index contributed by atoms with van der Waals surface area (Å²) in [5.41, 5.74) is 2.22. The zero-order valence-electron chi connectivity index (χ0n) is 11.7. The highest BCUT2D eigenvalue weighted by Crippen LogP contribution is 2.28. The largest absolute Gasteiger partial charge is 0.271 e. The highest BCUT2D eigenvalue weighted by Gasteiger charge is 2.20. The second-order valence-corrected chi connectivity index (χ2v) is 7.95. The van der Waals surface area contributed by atoms with Crippen LogP contribution in [0.5, 0.6) is 0 Å². The lowest BCUT2D eigenvalue weighted by Gasteiger charge is -2.13. The average molecular weight is 347 g/mol. The molecule has 0 N–H and O–H groups in total. The molecule has 1 aromatic heterocycles. The van der Waals surface area contributed by atoms with Gasteiger partial charge < -0.3 is 0 Å². The van der Waals surface area contributed by atoms with Crippen molar-refractivity contribution in [1.82, 2.24) is 14.9 Å². The maximum absolute atomic E-state index is 4.75. The molecule has 8 heteroatoms. The molecule has 112 valence electrons. The molecule has 1 aromatic carbocycles. The highest BCUT2D eigenvalue weighted by atomic mass is 32.2. The van der Waals surface area contributed by atoms with Crippen LogP contribution in [0.3, 0.4) is 0 Å². The summed E-state index contributed by atoms with van der Waals surface area (Å²) in [6.45, 7) is 0.928. The second-order valence-electron chi connectivity index (χ2n) is 4.70. The van der Waals surface area contributed by atoms with E-state index >= 15 is 0 Å². The van der Waals surface area contributed by atoms with E-state index in [9.17, 15) is 0 Å². The number of rotatable bonds is 3. The molecule has 0 amide bonds. The van der Waals surface area contributed by atoms with Crippen molar-refractivity contribution >= 4 is 45.4 Å². The summed E-state index contributed by atoms with van der Waals surface area (Å²) in [4.78, 5) is 4.45. The van der Waals surface area contributed by atoms with E-state index in [0.29, 0.717) is 0 Å². The van der Waals surface area contributed by atoms with Gasteiger partial charge in [0, 0.05) is 11.5 Å². The van der Waals surface area contributed by atoms with Gasteiger partial charge in [0.1, 0.15) is 4.38 Å². The van der Waals surface area contributed by atoms with Crippen molar-refractivity contribution in [3.05, 3.63) is 41.7 Å². The quantitative estimate of drug-likeness (QED) is 0.854. The van der Waals surface area contributed by atoms with Crippen LogP contribution < -0.4 is 0 Å². The minimum atomic E-state index is 0.755. The SMILES string of the molecule is c1ccc(C2=Nn3c(CSC4=NCCS4)nnc3SC2)cc1. The van der Waals surface area contributed by atoms with Gasteiger partial charge in [0.25, 0.3) is 0 Å².